The fraction of sp³-hybridized carbons (Fsp3) is 0.556. The van der Waals surface area contributed by atoms with Crippen LogP contribution in [0, 0.1) is 6.92 Å². The van der Waals surface area contributed by atoms with E-state index in [4.69, 9.17) is 5.14 Å². The quantitative estimate of drug-likeness (QED) is 0.745. The van der Waals surface area contributed by atoms with Gasteiger partial charge in [0.25, 0.3) is 0 Å². The van der Waals surface area contributed by atoms with Crippen molar-refractivity contribution in [3.63, 3.8) is 0 Å². The molecule has 1 fully saturated rings. The predicted octanol–water partition coefficient (Wildman–Crippen LogP) is -0.878. The Hall–Kier alpha value is -1.41. The summed E-state index contributed by atoms with van der Waals surface area (Å²) in [7, 11) is -1.97. The highest BCUT2D eigenvalue weighted by atomic mass is 32.2. The number of aromatic nitrogens is 2. The Morgan fingerprint density at radius 2 is 2.18 bits per heavy atom. The summed E-state index contributed by atoms with van der Waals surface area (Å²) in [4.78, 5) is 13.2. The van der Waals surface area contributed by atoms with E-state index in [2.05, 4.69) is 5.10 Å². The average Bonchev–Trinajstić information content (AvgIpc) is 2.68. The Morgan fingerprint density at radius 3 is 2.59 bits per heavy atom. The Kier molecular flexibility index (Phi) is 2.70. The van der Waals surface area contributed by atoms with Crippen LogP contribution in [0.3, 0.4) is 0 Å². The van der Waals surface area contributed by atoms with E-state index >= 15 is 0 Å². The number of nitrogens with two attached hydrogens (primary N) is 1. The molecule has 2 rings (SSSR count). The molecule has 0 aliphatic carbocycles. The van der Waals surface area contributed by atoms with E-state index in [-0.39, 0.29) is 18.9 Å². The van der Waals surface area contributed by atoms with Crippen molar-refractivity contribution < 1.29 is 13.2 Å². The molecule has 1 aromatic heterocycles. The maximum atomic E-state index is 11.8. The van der Waals surface area contributed by atoms with Gasteiger partial charge in [0.15, 0.2) is 0 Å². The number of carbonyl (C=O) groups excluding carboxylic acids is 1. The molecule has 1 atom stereocenters. The number of hydrogen-bond donors (Lipinski definition) is 1. The van der Waals surface area contributed by atoms with E-state index in [1.165, 1.54) is 4.90 Å². The molecule has 1 unspecified atom stereocenters. The minimum Gasteiger partial charge on any atom is -0.296 e. The summed E-state index contributed by atoms with van der Waals surface area (Å²) in [5, 5.41) is 8.35. The SMILES string of the molecule is Cc1cc(N2CC(S(N)(=O)=O)CC2=O)n(C)n1. The van der Waals surface area contributed by atoms with Crippen molar-refractivity contribution >= 4 is 21.7 Å². The first kappa shape index (κ1) is 12.1. The molecule has 7 nitrogen and oxygen atoms in total. The maximum Gasteiger partial charge on any atom is 0.229 e. The van der Waals surface area contributed by atoms with Crippen molar-refractivity contribution in [2.75, 3.05) is 11.4 Å². The van der Waals surface area contributed by atoms with Gasteiger partial charge in [-0.25, -0.2) is 13.6 Å². The summed E-state index contributed by atoms with van der Waals surface area (Å²) < 4.78 is 24.0. The van der Waals surface area contributed by atoms with Crippen molar-refractivity contribution in [1.29, 1.82) is 0 Å². The first-order chi connectivity index (χ1) is 7.79. The molecule has 17 heavy (non-hydrogen) atoms. The van der Waals surface area contributed by atoms with Crippen LogP contribution in [0.2, 0.25) is 0 Å². The van der Waals surface area contributed by atoms with Gasteiger partial charge in [0, 0.05) is 26.1 Å². The highest BCUT2D eigenvalue weighted by Gasteiger charge is 2.38. The molecule has 2 heterocycles. The van der Waals surface area contributed by atoms with E-state index < -0.39 is 15.3 Å². The third kappa shape index (κ3) is 2.18. The summed E-state index contributed by atoms with van der Waals surface area (Å²) >= 11 is 0. The Balaban J connectivity index is 2.31. The lowest BCUT2D eigenvalue weighted by Gasteiger charge is -2.15. The molecule has 0 aromatic carbocycles. The molecular formula is C9H14N4O3S. The zero-order chi connectivity index (χ0) is 12.8. The number of aryl methyl sites for hydroxylation is 2. The number of nitrogens with zero attached hydrogens (tertiary/aromatic N) is 3. The summed E-state index contributed by atoms with van der Waals surface area (Å²) in [6, 6.07) is 1.74. The van der Waals surface area contributed by atoms with Crippen molar-refractivity contribution in [3.8, 4) is 0 Å². The minimum absolute atomic E-state index is 0.0664. The van der Waals surface area contributed by atoms with Crippen LogP contribution in [0.25, 0.3) is 0 Å². The number of anilines is 1. The van der Waals surface area contributed by atoms with Gasteiger partial charge in [-0.3, -0.25) is 14.4 Å². The van der Waals surface area contributed by atoms with Crippen LogP contribution >= 0.6 is 0 Å². The second kappa shape index (κ2) is 3.81. The third-order valence-electron chi connectivity index (χ3n) is 2.81. The fourth-order valence-corrected chi connectivity index (χ4v) is 2.70. The van der Waals surface area contributed by atoms with Gasteiger partial charge in [-0.2, -0.15) is 5.10 Å². The number of hydrogen-bond acceptors (Lipinski definition) is 4. The van der Waals surface area contributed by atoms with E-state index in [1.54, 1.807) is 24.7 Å². The fourth-order valence-electron chi connectivity index (χ4n) is 1.97. The first-order valence-corrected chi connectivity index (χ1v) is 6.72. The zero-order valence-electron chi connectivity index (χ0n) is 9.62. The molecule has 0 spiro atoms. The Labute approximate surface area is 99.2 Å². The van der Waals surface area contributed by atoms with Crippen LogP contribution in [-0.2, 0) is 21.9 Å². The molecule has 1 aliphatic heterocycles. The van der Waals surface area contributed by atoms with Crippen LogP contribution in [-0.4, -0.2) is 35.9 Å². The monoisotopic (exact) mass is 258 g/mol. The van der Waals surface area contributed by atoms with Crippen molar-refractivity contribution in [2.45, 2.75) is 18.6 Å². The highest BCUT2D eigenvalue weighted by molar-refractivity contribution is 7.89. The second-order valence-electron chi connectivity index (χ2n) is 4.19. The van der Waals surface area contributed by atoms with Crippen LogP contribution in [0.15, 0.2) is 6.07 Å². The molecule has 1 aliphatic rings. The van der Waals surface area contributed by atoms with Gasteiger partial charge in [0.1, 0.15) is 11.1 Å². The molecule has 94 valence electrons. The third-order valence-corrected chi connectivity index (χ3v) is 4.05. The van der Waals surface area contributed by atoms with Gasteiger partial charge in [0.05, 0.1) is 5.69 Å². The van der Waals surface area contributed by atoms with Crippen LogP contribution in [0.5, 0.6) is 0 Å². The van der Waals surface area contributed by atoms with Gasteiger partial charge in [-0.15, -0.1) is 0 Å². The molecule has 1 aromatic rings. The lowest BCUT2D eigenvalue weighted by Crippen LogP contribution is -2.32. The van der Waals surface area contributed by atoms with Gasteiger partial charge in [-0.05, 0) is 6.92 Å². The van der Waals surface area contributed by atoms with Gasteiger partial charge >= 0.3 is 0 Å². The molecule has 0 bridgehead atoms. The average molecular weight is 258 g/mol. The molecule has 0 radical (unpaired) electrons. The van der Waals surface area contributed by atoms with Gasteiger partial charge in [0.2, 0.25) is 15.9 Å². The van der Waals surface area contributed by atoms with Crippen molar-refractivity contribution in [2.24, 2.45) is 12.2 Å². The lowest BCUT2D eigenvalue weighted by molar-refractivity contribution is -0.117. The second-order valence-corrected chi connectivity index (χ2v) is 6.03. The zero-order valence-corrected chi connectivity index (χ0v) is 10.4. The molecule has 0 saturated carbocycles. The molecule has 1 amide bonds. The highest BCUT2D eigenvalue weighted by Crippen LogP contribution is 2.24. The molecule has 1 saturated heterocycles. The summed E-state index contributed by atoms with van der Waals surface area (Å²) in [6.07, 6.45) is -0.0664. The van der Waals surface area contributed by atoms with E-state index in [9.17, 15) is 13.2 Å². The van der Waals surface area contributed by atoms with Crippen molar-refractivity contribution in [1.82, 2.24) is 9.78 Å². The van der Waals surface area contributed by atoms with E-state index in [0.717, 1.165) is 5.69 Å². The molecule has 2 N–H and O–H groups in total. The number of sulfonamides is 1. The summed E-state index contributed by atoms with van der Waals surface area (Å²) in [6.45, 7) is 1.90. The number of primary sulfonamides is 1. The maximum absolute atomic E-state index is 11.8. The van der Waals surface area contributed by atoms with E-state index in [0.29, 0.717) is 5.82 Å². The number of amides is 1. The van der Waals surface area contributed by atoms with Crippen LogP contribution in [0.4, 0.5) is 5.82 Å². The van der Waals surface area contributed by atoms with E-state index in [1.807, 2.05) is 0 Å². The van der Waals surface area contributed by atoms with Gasteiger partial charge < -0.3 is 0 Å². The minimum atomic E-state index is -3.67. The summed E-state index contributed by atoms with van der Waals surface area (Å²) in [5.41, 5.74) is 0.773. The largest absolute Gasteiger partial charge is 0.296 e. The first-order valence-electron chi connectivity index (χ1n) is 5.11. The molecular weight excluding hydrogens is 244 g/mol. The Morgan fingerprint density at radius 1 is 1.53 bits per heavy atom. The van der Waals surface area contributed by atoms with Gasteiger partial charge in [-0.1, -0.05) is 0 Å². The smallest absolute Gasteiger partial charge is 0.229 e. The number of carbonyl (C=O) groups is 1. The normalized spacial score (nSPS) is 21.2. The standard InChI is InChI=1S/C9H14N4O3S/c1-6-3-8(12(2)11-6)13-5-7(4-9(13)14)17(10,15)16/h3,7H,4-5H2,1-2H3,(H2,10,15,16). The topological polar surface area (TPSA) is 98.3 Å². The van der Waals surface area contributed by atoms with Crippen molar-refractivity contribution in [3.05, 3.63) is 11.8 Å². The Bertz CT molecular complexity index is 563. The molecule has 8 heteroatoms. The predicted molar refractivity (Wildman–Crippen MR) is 61.8 cm³/mol. The van der Waals surface area contributed by atoms with Crippen LogP contribution in [0.1, 0.15) is 12.1 Å². The van der Waals surface area contributed by atoms with Crippen LogP contribution < -0.4 is 10.0 Å². The summed E-state index contributed by atoms with van der Waals surface area (Å²) in [5.74, 6) is 0.352. The lowest BCUT2D eigenvalue weighted by atomic mass is 10.4. The number of rotatable bonds is 2.